The van der Waals surface area contributed by atoms with Crippen LogP contribution in [0.4, 0.5) is 5.69 Å². The Bertz CT molecular complexity index is 769. The lowest BCUT2D eigenvalue weighted by atomic mass is 9.86. The number of hydrogen-bond donors (Lipinski definition) is 2. The van der Waals surface area contributed by atoms with Gasteiger partial charge < -0.3 is 20.2 Å². The van der Waals surface area contributed by atoms with Gasteiger partial charge in [0.05, 0.1) is 0 Å². The van der Waals surface area contributed by atoms with Crippen LogP contribution in [-0.4, -0.2) is 64.5 Å². The van der Waals surface area contributed by atoms with Crippen molar-refractivity contribution in [3.8, 4) is 0 Å². The van der Waals surface area contributed by atoms with E-state index >= 15 is 0 Å². The molecule has 0 bridgehead atoms. The maximum atomic E-state index is 12.8. The van der Waals surface area contributed by atoms with Crippen LogP contribution in [0.2, 0.25) is 0 Å². The van der Waals surface area contributed by atoms with Gasteiger partial charge in [-0.05, 0) is 44.2 Å². The standard InChI is InChI=1S/C21H30N4O4/c1-16-15-22-10-6-17(16)24-11-2-12-25(14-13-24)19(27)4-8-21(9-5-20(28)29)7-3-18(26)23-21/h6,10,15H,2-5,7-9,11-14H2,1H3,(H,23,26)(H,28,29)/t21-/m1/s1. The van der Waals surface area contributed by atoms with E-state index in [1.807, 2.05) is 24.1 Å². The van der Waals surface area contributed by atoms with Crippen molar-refractivity contribution >= 4 is 23.5 Å². The number of carboxylic acid groups (broad SMARTS) is 1. The summed E-state index contributed by atoms with van der Waals surface area (Å²) in [5.41, 5.74) is 1.73. The molecule has 8 heteroatoms. The molecule has 0 radical (unpaired) electrons. The van der Waals surface area contributed by atoms with Crippen LogP contribution in [0.5, 0.6) is 0 Å². The molecule has 3 rings (SSSR count). The highest BCUT2D eigenvalue weighted by atomic mass is 16.4. The summed E-state index contributed by atoms with van der Waals surface area (Å²) in [4.78, 5) is 43.9. The van der Waals surface area contributed by atoms with Crippen molar-refractivity contribution in [3.05, 3.63) is 24.0 Å². The topological polar surface area (TPSA) is 103 Å². The Kier molecular flexibility index (Phi) is 6.71. The Hall–Kier alpha value is -2.64. The van der Waals surface area contributed by atoms with Crippen LogP contribution in [0.15, 0.2) is 18.5 Å². The first kappa shape index (κ1) is 21.1. The largest absolute Gasteiger partial charge is 0.481 e. The lowest BCUT2D eigenvalue weighted by molar-refractivity contribution is -0.137. The average molecular weight is 402 g/mol. The molecule has 0 spiro atoms. The molecule has 0 saturated carbocycles. The SMILES string of the molecule is Cc1cnccc1N1CCCN(C(=O)CC[C@@]2(CCC(=O)O)CCC(=O)N2)CC1. The maximum Gasteiger partial charge on any atom is 0.303 e. The van der Waals surface area contributed by atoms with Gasteiger partial charge in [0.1, 0.15) is 0 Å². The third-order valence-electron chi connectivity index (χ3n) is 6.05. The van der Waals surface area contributed by atoms with E-state index in [0.29, 0.717) is 45.2 Å². The monoisotopic (exact) mass is 402 g/mol. The molecule has 2 N–H and O–H groups in total. The highest BCUT2D eigenvalue weighted by Crippen LogP contribution is 2.30. The number of aryl methyl sites for hydroxylation is 1. The second-order valence-corrected chi connectivity index (χ2v) is 8.11. The summed E-state index contributed by atoms with van der Waals surface area (Å²) in [6.45, 7) is 5.09. The van der Waals surface area contributed by atoms with Gasteiger partial charge in [-0.1, -0.05) is 0 Å². The summed E-state index contributed by atoms with van der Waals surface area (Å²) in [7, 11) is 0. The van der Waals surface area contributed by atoms with Crippen LogP contribution in [0.1, 0.15) is 50.5 Å². The normalized spacial score (nSPS) is 22.3. The van der Waals surface area contributed by atoms with E-state index in [0.717, 1.165) is 30.8 Å². The van der Waals surface area contributed by atoms with Gasteiger partial charge in [0.15, 0.2) is 0 Å². The second kappa shape index (κ2) is 9.24. The number of anilines is 1. The number of carboxylic acids is 1. The Morgan fingerprint density at radius 1 is 1.21 bits per heavy atom. The molecule has 1 atom stereocenters. The van der Waals surface area contributed by atoms with Crippen LogP contribution in [0.3, 0.4) is 0 Å². The van der Waals surface area contributed by atoms with Gasteiger partial charge in [-0.2, -0.15) is 0 Å². The minimum absolute atomic E-state index is 0.00156. The molecule has 0 aromatic carbocycles. The molecule has 2 saturated heterocycles. The van der Waals surface area contributed by atoms with E-state index < -0.39 is 11.5 Å². The smallest absolute Gasteiger partial charge is 0.303 e. The molecular formula is C21H30N4O4. The van der Waals surface area contributed by atoms with Crippen LogP contribution in [-0.2, 0) is 14.4 Å². The number of rotatable bonds is 7. The second-order valence-electron chi connectivity index (χ2n) is 8.11. The molecular weight excluding hydrogens is 372 g/mol. The maximum absolute atomic E-state index is 12.8. The molecule has 8 nitrogen and oxygen atoms in total. The molecule has 1 aromatic heterocycles. The number of nitrogens with one attached hydrogen (secondary N) is 1. The number of carbonyl (C=O) groups excluding carboxylic acids is 2. The summed E-state index contributed by atoms with van der Waals surface area (Å²) >= 11 is 0. The molecule has 158 valence electrons. The van der Waals surface area contributed by atoms with Crippen LogP contribution in [0, 0.1) is 6.92 Å². The van der Waals surface area contributed by atoms with Gasteiger partial charge in [0, 0.05) is 69.1 Å². The van der Waals surface area contributed by atoms with E-state index in [9.17, 15) is 14.4 Å². The van der Waals surface area contributed by atoms with Crippen LogP contribution >= 0.6 is 0 Å². The van der Waals surface area contributed by atoms with Crippen molar-refractivity contribution in [1.82, 2.24) is 15.2 Å². The quantitative estimate of drug-likeness (QED) is 0.720. The fraction of sp³-hybridized carbons (Fsp3) is 0.619. The van der Waals surface area contributed by atoms with E-state index in [1.54, 1.807) is 6.20 Å². The van der Waals surface area contributed by atoms with E-state index in [4.69, 9.17) is 5.11 Å². The summed E-state index contributed by atoms with van der Waals surface area (Å²) < 4.78 is 0. The van der Waals surface area contributed by atoms with E-state index in [1.165, 1.54) is 0 Å². The summed E-state index contributed by atoms with van der Waals surface area (Å²) in [6.07, 6.45) is 6.74. The molecule has 3 heterocycles. The number of carbonyl (C=O) groups is 3. The van der Waals surface area contributed by atoms with Gasteiger partial charge in [0.25, 0.3) is 0 Å². The third kappa shape index (κ3) is 5.46. The Labute approximate surface area is 171 Å². The van der Waals surface area contributed by atoms with Crippen molar-refractivity contribution in [2.45, 2.75) is 57.4 Å². The van der Waals surface area contributed by atoms with E-state index in [2.05, 4.69) is 15.2 Å². The van der Waals surface area contributed by atoms with Crippen molar-refractivity contribution in [1.29, 1.82) is 0 Å². The zero-order valence-corrected chi connectivity index (χ0v) is 17.0. The van der Waals surface area contributed by atoms with Crippen molar-refractivity contribution < 1.29 is 19.5 Å². The van der Waals surface area contributed by atoms with Crippen molar-refractivity contribution in [2.75, 3.05) is 31.1 Å². The number of nitrogens with zero attached hydrogens (tertiary/aromatic N) is 3. The predicted molar refractivity (Wildman–Crippen MR) is 109 cm³/mol. The molecule has 0 aliphatic carbocycles. The highest BCUT2D eigenvalue weighted by molar-refractivity contribution is 5.80. The van der Waals surface area contributed by atoms with Gasteiger partial charge in [-0.3, -0.25) is 19.4 Å². The molecule has 0 unspecified atom stereocenters. The molecule has 2 amide bonds. The minimum Gasteiger partial charge on any atom is -0.481 e. The first-order valence-corrected chi connectivity index (χ1v) is 10.3. The predicted octanol–water partition coefficient (Wildman–Crippen LogP) is 1.72. The molecule has 2 fully saturated rings. The zero-order chi connectivity index (χ0) is 20.9. The number of aromatic nitrogens is 1. The van der Waals surface area contributed by atoms with Gasteiger partial charge >= 0.3 is 5.97 Å². The summed E-state index contributed by atoms with van der Waals surface area (Å²) in [6, 6.07) is 2.02. The first-order chi connectivity index (χ1) is 13.9. The lowest BCUT2D eigenvalue weighted by Crippen LogP contribution is -2.43. The molecule has 29 heavy (non-hydrogen) atoms. The van der Waals surface area contributed by atoms with Crippen LogP contribution in [0.25, 0.3) is 0 Å². The first-order valence-electron chi connectivity index (χ1n) is 10.3. The summed E-state index contributed by atoms with van der Waals surface area (Å²) in [5, 5.41) is 11.9. The fourth-order valence-electron chi connectivity index (χ4n) is 4.35. The number of aliphatic carboxylic acids is 1. The number of pyridine rings is 1. The number of amides is 2. The minimum atomic E-state index is -0.879. The van der Waals surface area contributed by atoms with Gasteiger partial charge in [-0.15, -0.1) is 0 Å². The van der Waals surface area contributed by atoms with Gasteiger partial charge in [0.2, 0.25) is 11.8 Å². The number of hydrogen-bond acceptors (Lipinski definition) is 5. The average Bonchev–Trinajstić information content (AvgIpc) is 2.90. The Balaban J connectivity index is 1.55. The molecule has 2 aliphatic rings. The third-order valence-corrected chi connectivity index (χ3v) is 6.05. The fourth-order valence-corrected chi connectivity index (χ4v) is 4.35. The van der Waals surface area contributed by atoms with Crippen molar-refractivity contribution in [2.24, 2.45) is 0 Å². The van der Waals surface area contributed by atoms with Crippen molar-refractivity contribution in [3.63, 3.8) is 0 Å². The zero-order valence-electron chi connectivity index (χ0n) is 17.0. The molecule has 1 aromatic rings. The van der Waals surface area contributed by atoms with E-state index in [-0.39, 0.29) is 18.2 Å². The van der Waals surface area contributed by atoms with Crippen LogP contribution < -0.4 is 10.2 Å². The Morgan fingerprint density at radius 3 is 2.69 bits per heavy atom. The lowest BCUT2D eigenvalue weighted by Gasteiger charge is -2.30. The Morgan fingerprint density at radius 2 is 2.00 bits per heavy atom. The van der Waals surface area contributed by atoms with Gasteiger partial charge in [-0.25, -0.2) is 0 Å². The molecule has 2 aliphatic heterocycles. The highest BCUT2D eigenvalue weighted by Gasteiger charge is 2.38. The summed E-state index contributed by atoms with van der Waals surface area (Å²) in [5.74, 6) is -0.856.